The Kier molecular flexibility index (Phi) is 10.5. The maximum absolute atomic E-state index is 11.6. The van der Waals surface area contributed by atoms with Gasteiger partial charge in [-0.3, -0.25) is 4.79 Å². The van der Waals surface area contributed by atoms with Crippen molar-refractivity contribution in [2.75, 3.05) is 19.6 Å². The fraction of sp³-hybridized carbons (Fsp3) is 0.579. The molecule has 0 saturated heterocycles. The van der Waals surface area contributed by atoms with Crippen LogP contribution >= 0.6 is 24.0 Å². The third-order valence-electron chi connectivity index (χ3n) is 4.03. The SMILES string of the molecule is CCCCNC(=NCc1ccc(C)cc1)NCCNC(=O)C1CC1.I. The van der Waals surface area contributed by atoms with Gasteiger partial charge < -0.3 is 16.0 Å². The van der Waals surface area contributed by atoms with E-state index in [1.54, 1.807) is 0 Å². The first kappa shape index (κ1) is 21.7. The van der Waals surface area contributed by atoms with Crippen LogP contribution < -0.4 is 16.0 Å². The summed E-state index contributed by atoms with van der Waals surface area (Å²) in [4.78, 5) is 16.3. The average Bonchev–Trinajstić information content (AvgIpc) is 3.42. The highest BCUT2D eigenvalue weighted by Crippen LogP contribution is 2.28. The van der Waals surface area contributed by atoms with Crippen LogP contribution in [-0.4, -0.2) is 31.5 Å². The van der Waals surface area contributed by atoms with Crippen molar-refractivity contribution in [2.24, 2.45) is 10.9 Å². The molecule has 1 fully saturated rings. The van der Waals surface area contributed by atoms with Crippen molar-refractivity contribution in [3.8, 4) is 0 Å². The van der Waals surface area contributed by atoms with Crippen LogP contribution in [0.1, 0.15) is 43.7 Å². The third-order valence-corrected chi connectivity index (χ3v) is 4.03. The molecule has 140 valence electrons. The van der Waals surface area contributed by atoms with Crippen LogP contribution in [-0.2, 0) is 11.3 Å². The average molecular weight is 458 g/mol. The second kappa shape index (κ2) is 12.1. The van der Waals surface area contributed by atoms with Gasteiger partial charge in [-0.05, 0) is 31.7 Å². The Morgan fingerprint density at radius 1 is 1.08 bits per heavy atom. The van der Waals surface area contributed by atoms with E-state index in [0.717, 1.165) is 38.2 Å². The van der Waals surface area contributed by atoms with Crippen molar-refractivity contribution < 1.29 is 4.79 Å². The number of nitrogens with zero attached hydrogens (tertiary/aromatic N) is 1. The molecule has 5 nitrogen and oxygen atoms in total. The predicted molar refractivity (Wildman–Crippen MR) is 114 cm³/mol. The highest BCUT2D eigenvalue weighted by Gasteiger charge is 2.28. The first-order chi connectivity index (χ1) is 11.7. The zero-order valence-corrected chi connectivity index (χ0v) is 17.6. The van der Waals surface area contributed by atoms with Crippen LogP contribution in [0.25, 0.3) is 0 Å². The molecule has 0 bridgehead atoms. The highest BCUT2D eigenvalue weighted by atomic mass is 127. The van der Waals surface area contributed by atoms with E-state index >= 15 is 0 Å². The number of aliphatic imine (C=N–C) groups is 1. The number of hydrogen-bond donors (Lipinski definition) is 3. The van der Waals surface area contributed by atoms with Gasteiger partial charge in [-0.15, -0.1) is 24.0 Å². The molecule has 0 aliphatic heterocycles. The molecule has 1 saturated carbocycles. The molecule has 3 N–H and O–H groups in total. The Labute approximate surface area is 168 Å². The lowest BCUT2D eigenvalue weighted by Gasteiger charge is -2.13. The molecule has 1 aliphatic rings. The molecule has 0 radical (unpaired) electrons. The number of benzene rings is 1. The number of carbonyl (C=O) groups is 1. The van der Waals surface area contributed by atoms with Gasteiger partial charge in [0.1, 0.15) is 0 Å². The second-order valence-electron chi connectivity index (χ2n) is 6.42. The summed E-state index contributed by atoms with van der Waals surface area (Å²) in [7, 11) is 0. The molecule has 0 aromatic heterocycles. The summed E-state index contributed by atoms with van der Waals surface area (Å²) >= 11 is 0. The zero-order chi connectivity index (χ0) is 17.2. The molecule has 0 atom stereocenters. The Bertz CT molecular complexity index is 541. The van der Waals surface area contributed by atoms with Crippen molar-refractivity contribution in [1.82, 2.24) is 16.0 Å². The lowest BCUT2D eigenvalue weighted by atomic mass is 10.1. The van der Waals surface area contributed by atoms with Crippen molar-refractivity contribution in [1.29, 1.82) is 0 Å². The molecule has 25 heavy (non-hydrogen) atoms. The molecule has 0 spiro atoms. The smallest absolute Gasteiger partial charge is 0.223 e. The quantitative estimate of drug-likeness (QED) is 0.231. The van der Waals surface area contributed by atoms with Gasteiger partial charge in [-0.2, -0.15) is 0 Å². The molecule has 1 aliphatic carbocycles. The van der Waals surface area contributed by atoms with E-state index in [2.05, 4.69) is 59.1 Å². The van der Waals surface area contributed by atoms with Gasteiger partial charge >= 0.3 is 0 Å². The minimum Gasteiger partial charge on any atom is -0.356 e. The molecule has 0 heterocycles. The van der Waals surface area contributed by atoms with Gasteiger partial charge in [0.15, 0.2) is 5.96 Å². The fourth-order valence-corrected chi connectivity index (χ4v) is 2.28. The standard InChI is InChI=1S/C19H30N4O.HI/c1-3-4-11-21-19(22-13-12-20-18(24)17-9-10-17)23-14-16-7-5-15(2)6-8-16;/h5-8,17H,3-4,9-14H2,1-2H3,(H,20,24)(H2,21,22,23);1H. The lowest BCUT2D eigenvalue weighted by Crippen LogP contribution is -2.42. The predicted octanol–water partition coefficient (Wildman–Crippen LogP) is 2.97. The van der Waals surface area contributed by atoms with Crippen LogP contribution in [0.15, 0.2) is 29.3 Å². The molecule has 6 heteroatoms. The first-order valence-electron chi connectivity index (χ1n) is 9.04. The van der Waals surface area contributed by atoms with Gasteiger partial charge in [-0.1, -0.05) is 43.2 Å². The topological polar surface area (TPSA) is 65.5 Å². The Balaban J connectivity index is 0.00000312. The Morgan fingerprint density at radius 2 is 1.72 bits per heavy atom. The Morgan fingerprint density at radius 3 is 2.36 bits per heavy atom. The summed E-state index contributed by atoms with van der Waals surface area (Å²) in [5.41, 5.74) is 2.45. The minimum atomic E-state index is 0. The van der Waals surface area contributed by atoms with E-state index in [-0.39, 0.29) is 35.8 Å². The molecule has 0 unspecified atom stereocenters. The number of carbonyl (C=O) groups excluding carboxylic acids is 1. The zero-order valence-electron chi connectivity index (χ0n) is 15.3. The summed E-state index contributed by atoms with van der Waals surface area (Å²) < 4.78 is 0. The van der Waals surface area contributed by atoms with Crippen LogP contribution in [0.4, 0.5) is 0 Å². The van der Waals surface area contributed by atoms with Gasteiger partial charge in [0.25, 0.3) is 0 Å². The van der Waals surface area contributed by atoms with Crippen molar-refractivity contribution in [3.05, 3.63) is 35.4 Å². The summed E-state index contributed by atoms with van der Waals surface area (Å²) in [5, 5.41) is 9.61. The number of halogens is 1. The van der Waals surface area contributed by atoms with Crippen LogP contribution in [0.2, 0.25) is 0 Å². The van der Waals surface area contributed by atoms with Gasteiger partial charge in [-0.25, -0.2) is 4.99 Å². The van der Waals surface area contributed by atoms with E-state index in [0.29, 0.717) is 19.6 Å². The number of rotatable bonds is 9. The van der Waals surface area contributed by atoms with Crippen molar-refractivity contribution in [2.45, 2.75) is 46.1 Å². The molecular formula is C19H31IN4O. The van der Waals surface area contributed by atoms with E-state index < -0.39 is 0 Å². The number of amides is 1. The molecule has 1 aromatic rings. The maximum atomic E-state index is 11.6. The summed E-state index contributed by atoms with van der Waals surface area (Å²) in [5.74, 6) is 1.26. The third kappa shape index (κ3) is 9.09. The number of nitrogens with one attached hydrogen (secondary N) is 3. The van der Waals surface area contributed by atoms with E-state index in [1.807, 2.05) is 0 Å². The number of hydrogen-bond acceptors (Lipinski definition) is 2. The van der Waals surface area contributed by atoms with Gasteiger partial charge in [0.05, 0.1) is 6.54 Å². The lowest BCUT2D eigenvalue weighted by molar-refractivity contribution is -0.122. The van der Waals surface area contributed by atoms with E-state index in [4.69, 9.17) is 0 Å². The monoisotopic (exact) mass is 458 g/mol. The number of guanidine groups is 1. The fourth-order valence-electron chi connectivity index (χ4n) is 2.28. The van der Waals surface area contributed by atoms with Crippen LogP contribution in [0.3, 0.4) is 0 Å². The van der Waals surface area contributed by atoms with Crippen molar-refractivity contribution >= 4 is 35.8 Å². The molecule has 1 amide bonds. The van der Waals surface area contributed by atoms with E-state index in [1.165, 1.54) is 11.1 Å². The number of unbranched alkanes of at least 4 members (excludes halogenated alkanes) is 1. The van der Waals surface area contributed by atoms with Gasteiger partial charge in [0.2, 0.25) is 5.91 Å². The number of aryl methyl sites for hydroxylation is 1. The molecule has 2 rings (SSSR count). The first-order valence-corrected chi connectivity index (χ1v) is 9.04. The van der Waals surface area contributed by atoms with E-state index in [9.17, 15) is 4.79 Å². The molecule has 1 aromatic carbocycles. The Hall–Kier alpha value is -1.31. The summed E-state index contributed by atoms with van der Waals surface area (Å²) in [6.07, 6.45) is 4.35. The second-order valence-corrected chi connectivity index (χ2v) is 6.42. The highest BCUT2D eigenvalue weighted by molar-refractivity contribution is 14.0. The summed E-state index contributed by atoms with van der Waals surface area (Å²) in [6.45, 7) is 7.13. The normalized spacial score (nSPS) is 13.8. The van der Waals surface area contributed by atoms with Gasteiger partial charge in [0, 0.05) is 25.6 Å². The van der Waals surface area contributed by atoms with Crippen molar-refractivity contribution in [3.63, 3.8) is 0 Å². The molecular weight excluding hydrogens is 427 g/mol. The summed E-state index contributed by atoms with van der Waals surface area (Å²) in [6, 6.07) is 8.43. The van der Waals surface area contributed by atoms with Crippen LogP contribution in [0, 0.1) is 12.8 Å². The van der Waals surface area contributed by atoms with Crippen LogP contribution in [0.5, 0.6) is 0 Å². The minimum absolute atomic E-state index is 0. The maximum Gasteiger partial charge on any atom is 0.223 e. The largest absolute Gasteiger partial charge is 0.356 e.